The van der Waals surface area contributed by atoms with Gasteiger partial charge in [0.05, 0.1) is 29.0 Å². The van der Waals surface area contributed by atoms with E-state index in [9.17, 15) is 19.1 Å². The highest BCUT2D eigenvalue weighted by atomic mass is 19.1. The maximum atomic E-state index is 14.6. The number of aliphatic hydroxyl groups is 1. The molecule has 0 radical (unpaired) electrons. The number of hydrogen-bond acceptors (Lipinski definition) is 6. The molecule has 7 nitrogen and oxygen atoms in total. The number of carbonyl (C=O) groups excluding carboxylic acids is 1. The smallest absolute Gasteiger partial charge is 0.343 e. The zero-order chi connectivity index (χ0) is 25.4. The summed E-state index contributed by atoms with van der Waals surface area (Å²) in [6, 6.07) is 12.8. The van der Waals surface area contributed by atoms with Gasteiger partial charge in [-0.15, -0.1) is 0 Å². The van der Waals surface area contributed by atoms with Crippen LogP contribution < -0.4 is 10.9 Å². The maximum Gasteiger partial charge on any atom is 0.343 e. The van der Waals surface area contributed by atoms with Crippen molar-refractivity contribution < 1.29 is 19.0 Å². The van der Waals surface area contributed by atoms with Crippen molar-refractivity contribution in [2.75, 3.05) is 12.4 Å². The zero-order valence-corrected chi connectivity index (χ0v) is 20.1. The quantitative estimate of drug-likeness (QED) is 0.372. The molecule has 2 aliphatic rings. The third-order valence-corrected chi connectivity index (χ3v) is 7.43. The second-order valence-electron chi connectivity index (χ2n) is 9.36. The zero-order valence-electron chi connectivity index (χ0n) is 20.1. The normalized spacial score (nSPS) is 18.0. The first-order chi connectivity index (χ1) is 17.3. The largest absolute Gasteiger partial charge is 0.458 e. The Hall–Kier alpha value is -4.04. The molecule has 2 N–H and O–H groups in total. The molecule has 0 amide bonds. The molecule has 6 rings (SSSR count). The van der Waals surface area contributed by atoms with Gasteiger partial charge in [0.15, 0.2) is 5.60 Å². The van der Waals surface area contributed by atoms with E-state index < -0.39 is 11.6 Å². The van der Waals surface area contributed by atoms with Crippen molar-refractivity contribution in [3.05, 3.63) is 80.9 Å². The van der Waals surface area contributed by atoms with Crippen LogP contribution in [0.1, 0.15) is 35.6 Å². The van der Waals surface area contributed by atoms with E-state index >= 15 is 0 Å². The fraction of sp³-hybridized carbons (Fsp3) is 0.250. The van der Waals surface area contributed by atoms with Crippen LogP contribution in [0.3, 0.4) is 0 Å². The number of nitrogens with one attached hydrogen (secondary N) is 1. The first-order valence-corrected chi connectivity index (χ1v) is 11.8. The summed E-state index contributed by atoms with van der Waals surface area (Å²) in [5.74, 6) is -1.13. The lowest BCUT2D eigenvalue weighted by molar-refractivity contribution is -0.172. The summed E-state index contributed by atoms with van der Waals surface area (Å²) < 4.78 is 21.4. The van der Waals surface area contributed by atoms with E-state index in [-0.39, 0.29) is 42.1 Å². The topological polar surface area (TPSA) is 93.5 Å². The third-order valence-electron chi connectivity index (χ3n) is 7.43. The lowest BCUT2D eigenvalue weighted by Gasteiger charge is -2.31. The Bertz CT molecular complexity index is 1660. The fourth-order valence-electron chi connectivity index (χ4n) is 5.34. The molecule has 0 aliphatic carbocycles. The Kier molecular flexibility index (Phi) is 4.82. The summed E-state index contributed by atoms with van der Waals surface area (Å²) in [4.78, 5) is 30.8. The summed E-state index contributed by atoms with van der Waals surface area (Å²) in [5, 5.41) is 15.0. The number of cyclic esters (lactones) is 1. The first-order valence-electron chi connectivity index (χ1n) is 11.8. The molecule has 1 atom stereocenters. The second-order valence-corrected chi connectivity index (χ2v) is 9.36. The van der Waals surface area contributed by atoms with Crippen molar-refractivity contribution in [1.29, 1.82) is 0 Å². The van der Waals surface area contributed by atoms with Crippen molar-refractivity contribution >= 4 is 22.6 Å². The molecule has 182 valence electrons. The van der Waals surface area contributed by atoms with Gasteiger partial charge in [0.1, 0.15) is 12.4 Å². The predicted molar refractivity (Wildman–Crippen MR) is 134 cm³/mol. The van der Waals surface area contributed by atoms with E-state index in [0.29, 0.717) is 22.5 Å². The Morgan fingerprint density at radius 2 is 1.92 bits per heavy atom. The van der Waals surface area contributed by atoms with Crippen LogP contribution in [0.5, 0.6) is 0 Å². The highest BCUT2D eigenvalue weighted by Crippen LogP contribution is 2.43. The summed E-state index contributed by atoms with van der Waals surface area (Å²) in [6.45, 7) is 3.45. The van der Waals surface area contributed by atoms with E-state index in [1.165, 1.54) is 6.07 Å². The summed E-state index contributed by atoms with van der Waals surface area (Å²) in [7, 11) is 1.84. The number of aryl methyl sites for hydroxylation is 1. The van der Waals surface area contributed by atoms with Gasteiger partial charge in [0.2, 0.25) is 0 Å². The Balaban J connectivity index is 1.68. The molecule has 2 aliphatic heterocycles. The predicted octanol–water partition coefficient (Wildman–Crippen LogP) is 4.24. The van der Waals surface area contributed by atoms with Crippen LogP contribution in [-0.4, -0.2) is 27.7 Å². The first kappa shape index (κ1) is 22.4. The highest BCUT2D eigenvalue weighted by Gasteiger charge is 2.45. The van der Waals surface area contributed by atoms with Gasteiger partial charge in [0.25, 0.3) is 5.56 Å². The number of nitrogens with zero attached hydrogens (tertiary/aromatic N) is 2. The molecular weight excluding hydrogens is 461 g/mol. The second kappa shape index (κ2) is 7.73. The summed E-state index contributed by atoms with van der Waals surface area (Å²) in [6.07, 6.45) is 0.0628. The van der Waals surface area contributed by atoms with Crippen molar-refractivity contribution in [3.63, 3.8) is 0 Å². The number of aromatic nitrogens is 2. The molecule has 4 heterocycles. The molecule has 0 bridgehead atoms. The molecule has 2 aromatic carbocycles. The van der Waals surface area contributed by atoms with E-state index in [1.807, 2.05) is 31.3 Å². The van der Waals surface area contributed by atoms with Gasteiger partial charge in [-0.3, -0.25) is 4.79 Å². The van der Waals surface area contributed by atoms with Gasteiger partial charge in [-0.05, 0) is 54.3 Å². The van der Waals surface area contributed by atoms with Crippen LogP contribution >= 0.6 is 0 Å². The monoisotopic (exact) mass is 485 g/mol. The van der Waals surface area contributed by atoms with E-state index in [4.69, 9.17) is 9.72 Å². The number of esters is 1. The number of pyridine rings is 2. The van der Waals surface area contributed by atoms with Crippen LogP contribution in [0.4, 0.5) is 10.1 Å². The molecular formula is C28H24FN3O4. The number of ether oxygens (including phenoxy) is 1. The summed E-state index contributed by atoms with van der Waals surface area (Å²) in [5.41, 5.74) is 3.85. The SMILES string of the molecule is CC[C@@]1(O)C(=O)OCc2c1cc1n(c2=O)Cc2c-1nc1cc(F)c(C)cc1c2-c1ccc(NC)cc1. The van der Waals surface area contributed by atoms with Crippen LogP contribution in [-0.2, 0) is 28.3 Å². The molecule has 0 spiro atoms. The molecule has 0 saturated heterocycles. The van der Waals surface area contributed by atoms with Crippen molar-refractivity contribution in [3.8, 4) is 22.5 Å². The maximum absolute atomic E-state index is 14.6. The number of halogens is 1. The average molecular weight is 486 g/mol. The van der Waals surface area contributed by atoms with Crippen molar-refractivity contribution in [2.45, 2.75) is 39.0 Å². The lowest BCUT2D eigenvalue weighted by atomic mass is 9.86. The van der Waals surface area contributed by atoms with Crippen LogP contribution in [0.25, 0.3) is 33.4 Å². The molecule has 4 aromatic rings. The van der Waals surface area contributed by atoms with Gasteiger partial charge in [-0.25, -0.2) is 14.2 Å². The highest BCUT2D eigenvalue weighted by molar-refractivity contribution is 6.00. The van der Waals surface area contributed by atoms with E-state index in [1.54, 1.807) is 30.5 Å². The Labute approximate surface area is 206 Å². The molecule has 0 saturated carbocycles. The number of carbonyl (C=O) groups is 1. The molecule has 36 heavy (non-hydrogen) atoms. The van der Waals surface area contributed by atoms with Gasteiger partial charge in [0, 0.05) is 35.3 Å². The van der Waals surface area contributed by atoms with Gasteiger partial charge >= 0.3 is 5.97 Å². The molecule has 0 fully saturated rings. The lowest BCUT2D eigenvalue weighted by Crippen LogP contribution is -2.44. The van der Waals surface area contributed by atoms with Crippen molar-refractivity contribution in [1.82, 2.24) is 9.55 Å². The number of fused-ring (bicyclic) bond motifs is 5. The van der Waals surface area contributed by atoms with Crippen LogP contribution in [0.2, 0.25) is 0 Å². The van der Waals surface area contributed by atoms with E-state index in [0.717, 1.165) is 27.8 Å². The minimum absolute atomic E-state index is 0.0628. The third kappa shape index (κ3) is 2.97. The minimum Gasteiger partial charge on any atom is -0.458 e. The molecule has 0 unspecified atom stereocenters. The molecule has 8 heteroatoms. The van der Waals surface area contributed by atoms with Gasteiger partial charge < -0.3 is 19.7 Å². The minimum atomic E-state index is -1.91. The van der Waals surface area contributed by atoms with Crippen LogP contribution in [0.15, 0.2) is 47.3 Å². The summed E-state index contributed by atoms with van der Waals surface area (Å²) >= 11 is 0. The fourth-order valence-corrected chi connectivity index (χ4v) is 5.34. The number of rotatable bonds is 3. The van der Waals surface area contributed by atoms with Crippen LogP contribution in [0, 0.1) is 12.7 Å². The van der Waals surface area contributed by atoms with Crippen molar-refractivity contribution in [2.24, 2.45) is 0 Å². The number of benzene rings is 2. The number of anilines is 1. The average Bonchev–Trinajstić information content (AvgIpc) is 3.24. The van der Waals surface area contributed by atoms with Gasteiger partial charge in [-0.2, -0.15) is 0 Å². The Morgan fingerprint density at radius 3 is 2.61 bits per heavy atom. The standard InChI is InChI=1S/C28H24FN3O4/c1-4-28(35)20-10-23-25-18(12-32(23)26(33)19(20)13-36-27(28)34)24(15-5-7-16(30-3)8-6-15)17-9-14(2)21(29)11-22(17)31-25/h5-11,30,35H,4,12-13H2,1-3H3/t28-/m0/s1. The Morgan fingerprint density at radius 1 is 1.17 bits per heavy atom. The van der Waals surface area contributed by atoms with E-state index in [2.05, 4.69) is 5.32 Å². The molecule has 2 aromatic heterocycles. The van der Waals surface area contributed by atoms with Gasteiger partial charge in [-0.1, -0.05) is 19.1 Å². The number of hydrogen-bond donors (Lipinski definition) is 2.